The third-order valence-electron chi connectivity index (χ3n) is 2.55. The molecule has 8 heteroatoms. The fraction of sp³-hybridized carbons (Fsp3) is 0.375. The lowest BCUT2D eigenvalue weighted by molar-refractivity contribution is -0.146. The van der Waals surface area contributed by atoms with Crippen LogP contribution in [-0.2, 0) is 20.4 Å². The number of hydrogen-bond acceptors (Lipinski definition) is 3. The monoisotopic (exact) mass is 241 g/mol. The molecule has 1 unspecified atom stereocenters. The lowest BCUT2D eigenvalue weighted by Gasteiger charge is -2.41. The minimum absolute atomic E-state index is 0.00961. The van der Waals surface area contributed by atoms with Gasteiger partial charge in [0.1, 0.15) is 11.1 Å². The Labute approximate surface area is 92.4 Å². The van der Waals surface area contributed by atoms with E-state index in [0.29, 0.717) is 0 Å². The molecule has 84 valence electrons. The summed E-state index contributed by atoms with van der Waals surface area (Å²) in [5, 5.41) is 8.07. The van der Waals surface area contributed by atoms with Crippen LogP contribution in [0.25, 0.3) is 5.53 Å². The Kier molecular flexibility index (Phi) is 2.25. The van der Waals surface area contributed by atoms with E-state index in [0.717, 1.165) is 4.90 Å². The number of carboxylic acid groups (broad SMARTS) is 1. The average molecular weight is 241 g/mol. The molecule has 1 fully saturated rings. The predicted molar refractivity (Wildman–Crippen MR) is 52.4 cm³/mol. The molecule has 0 spiro atoms. The van der Waals surface area contributed by atoms with E-state index in [2.05, 4.69) is 4.79 Å². The summed E-state index contributed by atoms with van der Waals surface area (Å²) in [6, 6.07) is 0. The van der Waals surface area contributed by atoms with Crippen LogP contribution in [0.2, 0.25) is 0 Å². The van der Waals surface area contributed by atoms with E-state index in [9.17, 15) is 13.8 Å². The Morgan fingerprint density at radius 3 is 2.75 bits per heavy atom. The standard InChI is InChI=1S/C8H7N3O4S/c1-3-6(8(13)14)11-4(12)2-5(11)16(15)7(3)10-9/h5H,2H2,1H3,(H,13,14)/t5-,16?/m1/s1. The Morgan fingerprint density at radius 1 is 1.69 bits per heavy atom. The molecule has 1 amide bonds. The van der Waals surface area contributed by atoms with Gasteiger partial charge >= 0.3 is 11.0 Å². The van der Waals surface area contributed by atoms with Gasteiger partial charge in [0.05, 0.1) is 12.0 Å². The van der Waals surface area contributed by atoms with Gasteiger partial charge in [0.25, 0.3) is 0 Å². The first-order chi connectivity index (χ1) is 7.49. The molecule has 0 saturated carbocycles. The van der Waals surface area contributed by atoms with Crippen LogP contribution in [0.4, 0.5) is 0 Å². The van der Waals surface area contributed by atoms with Crippen LogP contribution in [0, 0.1) is 0 Å². The van der Waals surface area contributed by atoms with Crippen LogP contribution >= 0.6 is 0 Å². The number of fused-ring (bicyclic) bond motifs is 1. The first-order valence-electron chi connectivity index (χ1n) is 4.38. The van der Waals surface area contributed by atoms with Gasteiger partial charge in [0.15, 0.2) is 10.8 Å². The molecular weight excluding hydrogens is 234 g/mol. The van der Waals surface area contributed by atoms with Crippen LogP contribution in [0.15, 0.2) is 11.3 Å². The fourth-order valence-electron chi connectivity index (χ4n) is 1.77. The zero-order valence-corrected chi connectivity index (χ0v) is 9.02. The van der Waals surface area contributed by atoms with Crippen LogP contribution in [0.1, 0.15) is 13.3 Å². The molecule has 7 nitrogen and oxygen atoms in total. The van der Waals surface area contributed by atoms with E-state index in [1.807, 2.05) is 0 Å². The van der Waals surface area contributed by atoms with E-state index in [1.165, 1.54) is 6.92 Å². The highest BCUT2D eigenvalue weighted by Gasteiger charge is 2.53. The van der Waals surface area contributed by atoms with E-state index >= 15 is 0 Å². The molecule has 2 heterocycles. The van der Waals surface area contributed by atoms with Gasteiger partial charge in [-0.25, -0.2) is 9.00 Å². The van der Waals surface area contributed by atoms with E-state index in [1.54, 1.807) is 0 Å². The molecule has 0 bridgehead atoms. The summed E-state index contributed by atoms with van der Waals surface area (Å²) in [5.41, 5.74) is 8.49. The number of amides is 1. The lowest BCUT2D eigenvalue weighted by Crippen LogP contribution is -2.59. The number of carbonyl (C=O) groups excluding carboxylic acids is 1. The first kappa shape index (κ1) is 10.7. The average Bonchev–Trinajstić information content (AvgIpc) is 2.20. The van der Waals surface area contributed by atoms with Gasteiger partial charge in [0.2, 0.25) is 5.91 Å². The highest BCUT2D eigenvalue weighted by Crippen LogP contribution is 2.34. The predicted octanol–water partition coefficient (Wildman–Crippen LogP) is -0.706. The summed E-state index contributed by atoms with van der Waals surface area (Å²) < 4.78 is 11.7. The van der Waals surface area contributed by atoms with Crippen molar-refractivity contribution in [2.24, 2.45) is 0 Å². The van der Waals surface area contributed by atoms with Gasteiger partial charge in [-0.1, -0.05) is 0 Å². The molecule has 0 aliphatic carbocycles. The summed E-state index contributed by atoms with van der Waals surface area (Å²) in [5.74, 6) is -1.68. The summed E-state index contributed by atoms with van der Waals surface area (Å²) in [7, 11) is -1.67. The quantitative estimate of drug-likeness (QED) is 0.371. The van der Waals surface area contributed by atoms with Gasteiger partial charge in [-0.05, 0) is 6.92 Å². The van der Waals surface area contributed by atoms with Crippen LogP contribution in [0.3, 0.4) is 0 Å². The minimum atomic E-state index is -1.67. The largest absolute Gasteiger partial charge is 0.477 e. The lowest BCUT2D eigenvalue weighted by atomic mass is 10.1. The highest BCUT2D eigenvalue weighted by molar-refractivity contribution is 8.01. The molecule has 2 aliphatic rings. The van der Waals surface area contributed by atoms with Crippen molar-refractivity contribution in [2.75, 3.05) is 0 Å². The van der Waals surface area contributed by atoms with Gasteiger partial charge in [-0.15, -0.1) is 0 Å². The summed E-state index contributed by atoms with van der Waals surface area (Å²) in [6.45, 7) is 1.36. The Morgan fingerprint density at radius 2 is 2.31 bits per heavy atom. The number of aliphatic carboxylic acids is 1. The zero-order valence-electron chi connectivity index (χ0n) is 8.21. The van der Waals surface area contributed by atoms with E-state index in [4.69, 9.17) is 10.6 Å². The van der Waals surface area contributed by atoms with Crippen LogP contribution in [-0.4, -0.2) is 41.3 Å². The van der Waals surface area contributed by atoms with Crippen molar-refractivity contribution in [1.29, 1.82) is 0 Å². The van der Waals surface area contributed by atoms with Gasteiger partial charge < -0.3 is 10.6 Å². The van der Waals surface area contributed by atoms with Crippen molar-refractivity contribution < 1.29 is 23.7 Å². The van der Waals surface area contributed by atoms with Gasteiger partial charge in [0, 0.05) is 0 Å². The normalized spacial score (nSPS) is 28.4. The molecule has 1 N–H and O–H groups in total. The van der Waals surface area contributed by atoms with E-state index < -0.39 is 22.1 Å². The minimum Gasteiger partial charge on any atom is -0.477 e. The Balaban J connectivity index is 2.65. The zero-order chi connectivity index (χ0) is 12.0. The maximum atomic E-state index is 11.7. The number of carbonyl (C=O) groups is 2. The fourth-order valence-corrected chi connectivity index (χ4v) is 3.21. The third kappa shape index (κ3) is 1.17. The van der Waals surface area contributed by atoms with Crippen molar-refractivity contribution in [3.8, 4) is 0 Å². The smallest absolute Gasteiger partial charge is 0.386 e. The summed E-state index contributed by atoms with van der Waals surface area (Å²) >= 11 is 0. The molecule has 2 atom stereocenters. The second-order valence-corrected chi connectivity index (χ2v) is 4.93. The van der Waals surface area contributed by atoms with Crippen LogP contribution < -0.4 is 0 Å². The number of hydrogen-bond donors (Lipinski definition) is 1. The number of nitrogens with zero attached hydrogens (tertiary/aromatic N) is 3. The van der Waals surface area contributed by atoms with Crippen molar-refractivity contribution in [1.82, 2.24) is 4.90 Å². The summed E-state index contributed by atoms with van der Waals surface area (Å²) in [4.78, 5) is 26.1. The number of rotatable bonds is 1. The molecule has 16 heavy (non-hydrogen) atoms. The highest BCUT2D eigenvalue weighted by atomic mass is 32.2. The maximum Gasteiger partial charge on any atom is 0.386 e. The third-order valence-corrected chi connectivity index (χ3v) is 4.19. The molecule has 0 radical (unpaired) electrons. The van der Waals surface area contributed by atoms with Crippen molar-refractivity contribution in [3.63, 3.8) is 0 Å². The van der Waals surface area contributed by atoms with Crippen molar-refractivity contribution >= 4 is 27.7 Å². The molecule has 2 aliphatic heterocycles. The SMILES string of the molecule is CC1=C(C(=O)O)N2C(=O)C[C@H]2S(=O)C1=[N+]=[N-]. The topological polar surface area (TPSA) is 111 Å². The second-order valence-electron chi connectivity index (χ2n) is 3.40. The van der Waals surface area contributed by atoms with Crippen molar-refractivity contribution in [3.05, 3.63) is 16.8 Å². The Bertz CT molecular complexity index is 517. The van der Waals surface area contributed by atoms with Crippen LogP contribution in [0.5, 0.6) is 0 Å². The number of carboxylic acids is 1. The van der Waals surface area contributed by atoms with Gasteiger partial charge in [-0.2, -0.15) is 4.79 Å². The number of β-lactam (4-membered cyclic amide) rings is 1. The van der Waals surface area contributed by atoms with E-state index in [-0.39, 0.29) is 28.6 Å². The molecule has 0 aromatic heterocycles. The molecular formula is C8H7N3O4S. The maximum absolute atomic E-state index is 11.7. The Hall–Kier alpha value is -1.79. The molecule has 2 rings (SSSR count). The molecule has 0 aromatic rings. The molecule has 0 aromatic carbocycles. The summed E-state index contributed by atoms with van der Waals surface area (Å²) in [6.07, 6.45) is 0.00961. The second kappa shape index (κ2) is 3.36. The van der Waals surface area contributed by atoms with Crippen molar-refractivity contribution in [2.45, 2.75) is 18.7 Å². The molecule has 1 saturated heterocycles. The first-order valence-corrected chi connectivity index (χ1v) is 5.59. The van der Waals surface area contributed by atoms with Gasteiger partial charge in [-0.3, -0.25) is 9.69 Å².